The quantitative estimate of drug-likeness (QED) is 0.628. The Morgan fingerprint density at radius 2 is 1.71 bits per heavy atom. The summed E-state index contributed by atoms with van der Waals surface area (Å²) in [5, 5.41) is 0. The molecule has 1 aromatic carbocycles. The summed E-state index contributed by atoms with van der Waals surface area (Å²) >= 11 is 0. The zero-order valence-corrected chi connectivity index (χ0v) is 19.6. The highest BCUT2D eigenvalue weighted by molar-refractivity contribution is 5.95. The summed E-state index contributed by atoms with van der Waals surface area (Å²) in [7, 11) is 0. The van der Waals surface area contributed by atoms with Gasteiger partial charge in [0, 0.05) is 50.4 Å². The summed E-state index contributed by atoms with van der Waals surface area (Å²) < 4.78 is 46.2. The number of hydrogen-bond acceptors (Lipinski definition) is 6. The van der Waals surface area contributed by atoms with Crippen LogP contribution in [-0.2, 0) is 11.2 Å². The van der Waals surface area contributed by atoms with Gasteiger partial charge in [-0.2, -0.15) is 0 Å². The number of nitrogens with zero attached hydrogens (tertiary/aromatic N) is 4. The molecule has 3 fully saturated rings. The van der Waals surface area contributed by atoms with E-state index in [1.54, 1.807) is 11.1 Å². The molecule has 1 amide bonds. The van der Waals surface area contributed by atoms with Crippen molar-refractivity contribution in [2.24, 2.45) is 11.7 Å². The maximum absolute atomic E-state index is 14.0. The van der Waals surface area contributed by atoms with Crippen molar-refractivity contribution in [2.75, 3.05) is 44.3 Å². The largest absolute Gasteiger partial charge is 0.378 e. The molecule has 1 aliphatic carbocycles. The summed E-state index contributed by atoms with van der Waals surface area (Å²) in [5.41, 5.74) is 7.78. The minimum Gasteiger partial charge on any atom is -0.378 e. The number of aromatic nitrogens is 2. The lowest BCUT2D eigenvalue weighted by Gasteiger charge is -2.35. The van der Waals surface area contributed by atoms with Crippen LogP contribution in [0, 0.1) is 23.4 Å². The average Bonchev–Trinajstić information content (AvgIpc) is 3.73. The molecule has 0 unspecified atom stereocenters. The van der Waals surface area contributed by atoms with E-state index >= 15 is 0 Å². The Balaban J connectivity index is 1.22. The van der Waals surface area contributed by atoms with Crippen molar-refractivity contribution >= 4 is 11.9 Å². The summed E-state index contributed by atoms with van der Waals surface area (Å²) in [6.07, 6.45) is 5.14. The third-order valence-electron chi connectivity index (χ3n) is 7.27. The number of ether oxygens (including phenoxy) is 1. The Kier molecular flexibility index (Phi) is 6.93. The van der Waals surface area contributed by atoms with Crippen molar-refractivity contribution in [2.45, 2.75) is 44.1 Å². The molecule has 0 radical (unpaired) electrons. The van der Waals surface area contributed by atoms with Crippen LogP contribution in [0.3, 0.4) is 0 Å². The van der Waals surface area contributed by atoms with Gasteiger partial charge in [-0.05, 0) is 49.7 Å². The van der Waals surface area contributed by atoms with Gasteiger partial charge in [-0.3, -0.25) is 4.79 Å². The van der Waals surface area contributed by atoms with Crippen LogP contribution in [0.1, 0.15) is 53.2 Å². The Morgan fingerprint density at radius 1 is 1.03 bits per heavy atom. The highest BCUT2D eigenvalue weighted by Crippen LogP contribution is 2.41. The van der Waals surface area contributed by atoms with Crippen molar-refractivity contribution in [3.05, 3.63) is 52.6 Å². The Hall–Kier alpha value is -2.72. The van der Waals surface area contributed by atoms with E-state index in [0.29, 0.717) is 62.6 Å². The van der Waals surface area contributed by atoms with Gasteiger partial charge in [0.1, 0.15) is 5.82 Å². The lowest BCUT2D eigenvalue weighted by molar-refractivity contribution is 0.0675. The summed E-state index contributed by atoms with van der Waals surface area (Å²) in [6, 6.07) is 1.02. The van der Waals surface area contributed by atoms with Gasteiger partial charge in [0.25, 0.3) is 5.91 Å². The lowest BCUT2D eigenvalue weighted by Crippen LogP contribution is -2.44. The molecular weight excluding hydrogens is 459 g/mol. The molecule has 5 rings (SSSR count). The number of anilines is 1. The van der Waals surface area contributed by atoms with E-state index in [1.165, 1.54) is 0 Å². The van der Waals surface area contributed by atoms with Crippen LogP contribution in [-0.4, -0.2) is 66.2 Å². The molecule has 2 N–H and O–H groups in total. The number of halogens is 3. The number of morpholine rings is 1. The van der Waals surface area contributed by atoms with E-state index in [9.17, 15) is 18.0 Å². The number of nitrogens with two attached hydrogens (primary N) is 1. The number of benzene rings is 1. The average molecular weight is 490 g/mol. The molecule has 1 atom stereocenters. The molecule has 2 aliphatic heterocycles. The minimum atomic E-state index is -1.21. The van der Waals surface area contributed by atoms with Gasteiger partial charge < -0.3 is 20.3 Å². The predicted octanol–water partition coefficient (Wildman–Crippen LogP) is 3.03. The van der Waals surface area contributed by atoms with E-state index in [-0.39, 0.29) is 23.8 Å². The molecule has 3 heterocycles. The smallest absolute Gasteiger partial charge is 0.257 e. The van der Waals surface area contributed by atoms with Gasteiger partial charge in [-0.1, -0.05) is 0 Å². The summed E-state index contributed by atoms with van der Waals surface area (Å²) in [4.78, 5) is 26.6. The second kappa shape index (κ2) is 10.1. The standard InChI is InChI=1S/C25H30F3N5O2/c26-19-13-21(28)20(27)11-17(19)12-22(29)15-3-5-32(6-4-15)24(34)18-14-30-25(31-23(18)16-1-2-16)33-7-9-35-10-8-33/h11,13-16,22H,1-10,12,29H2/t22-/m1/s1. The maximum Gasteiger partial charge on any atom is 0.257 e. The van der Waals surface area contributed by atoms with Crippen molar-refractivity contribution in [1.82, 2.24) is 14.9 Å². The number of hydrogen-bond donors (Lipinski definition) is 1. The SMILES string of the molecule is N[C@H](Cc1cc(F)c(F)cc1F)C1CCN(C(=O)c2cnc(N3CCOCC3)nc2C2CC2)CC1. The molecule has 0 bridgehead atoms. The number of rotatable bonds is 6. The first-order valence-corrected chi connectivity index (χ1v) is 12.3. The van der Waals surface area contributed by atoms with E-state index in [0.717, 1.165) is 37.7 Å². The van der Waals surface area contributed by atoms with Crippen molar-refractivity contribution < 1.29 is 22.7 Å². The van der Waals surface area contributed by atoms with E-state index < -0.39 is 23.5 Å². The zero-order chi connectivity index (χ0) is 24.5. The van der Waals surface area contributed by atoms with Crippen LogP contribution in [0.15, 0.2) is 18.3 Å². The minimum absolute atomic E-state index is 0.0504. The number of piperidine rings is 1. The van der Waals surface area contributed by atoms with Crippen LogP contribution in [0.5, 0.6) is 0 Å². The van der Waals surface area contributed by atoms with Gasteiger partial charge in [0.2, 0.25) is 5.95 Å². The van der Waals surface area contributed by atoms with Crippen LogP contribution in [0.2, 0.25) is 0 Å². The molecule has 0 spiro atoms. The first-order chi connectivity index (χ1) is 16.9. The molecule has 3 aliphatic rings. The molecule has 188 valence electrons. The number of likely N-dealkylation sites (tertiary alicyclic amines) is 1. The number of amides is 1. The highest BCUT2D eigenvalue weighted by atomic mass is 19.2. The van der Waals surface area contributed by atoms with Gasteiger partial charge >= 0.3 is 0 Å². The molecule has 10 heteroatoms. The molecule has 1 aromatic heterocycles. The van der Waals surface area contributed by atoms with Gasteiger partial charge in [0.15, 0.2) is 11.6 Å². The zero-order valence-electron chi connectivity index (χ0n) is 19.6. The lowest BCUT2D eigenvalue weighted by atomic mass is 9.86. The van der Waals surface area contributed by atoms with Crippen LogP contribution in [0.4, 0.5) is 19.1 Å². The van der Waals surface area contributed by atoms with Crippen LogP contribution in [0.25, 0.3) is 0 Å². The normalized spacial score (nSPS) is 20.2. The predicted molar refractivity (Wildman–Crippen MR) is 124 cm³/mol. The molecule has 2 saturated heterocycles. The van der Waals surface area contributed by atoms with Gasteiger partial charge in [-0.15, -0.1) is 0 Å². The Morgan fingerprint density at radius 3 is 2.40 bits per heavy atom. The fourth-order valence-electron chi connectivity index (χ4n) is 4.98. The molecular formula is C25H30F3N5O2. The molecule has 1 saturated carbocycles. The first-order valence-electron chi connectivity index (χ1n) is 12.3. The fraction of sp³-hybridized carbons (Fsp3) is 0.560. The second-order valence-corrected chi connectivity index (χ2v) is 9.70. The third kappa shape index (κ3) is 5.28. The molecule has 7 nitrogen and oxygen atoms in total. The topological polar surface area (TPSA) is 84.6 Å². The summed E-state index contributed by atoms with van der Waals surface area (Å²) in [6.45, 7) is 3.80. The number of carbonyl (C=O) groups excluding carboxylic acids is 1. The Labute approximate surface area is 202 Å². The van der Waals surface area contributed by atoms with E-state index in [4.69, 9.17) is 15.5 Å². The van der Waals surface area contributed by atoms with Crippen molar-refractivity contribution in [3.8, 4) is 0 Å². The third-order valence-corrected chi connectivity index (χ3v) is 7.27. The fourth-order valence-corrected chi connectivity index (χ4v) is 4.98. The van der Waals surface area contributed by atoms with Gasteiger partial charge in [-0.25, -0.2) is 23.1 Å². The maximum atomic E-state index is 14.0. The van der Waals surface area contributed by atoms with Crippen molar-refractivity contribution in [1.29, 1.82) is 0 Å². The first kappa shape index (κ1) is 24.0. The second-order valence-electron chi connectivity index (χ2n) is 9.70. The van der Waals surface area contributed by atoms with Crippen LogP contribution >= 0.6 is 0 Å². The molecule has 2 aromatic rings. The van der Waals surface area contributed by atoms with E-state index in [2.05, 4.69) is 9.88 Å². The summed E-state index contributed by atoms with van der Waals surface area (Å²) in [5.74, 6) is -2.15. The van der Waals surface area contributed by atoms with Crippen LogP contribution < -0.4 is 10.6 Å². The number of carbonyl (C=O) groups is 1. The van der Waals surface area contributed by atoms with Crippen molar-refractivity contribution in [3.63, 3.8) is 0 Å². The monoisotopic (exact) mass is 489 g/mol. The Bertz CT molecular complexity index is 1080. The van der Waals surface area contributed by atoms with Gasteiger partial charge in [0.05, 0.1) is 24.5 Å². The highest BCUT2D eigenvalue weighted by Gasteiger charge is 2.34. The molecule has 35 heavy (non-hydrogen) atoms. The van der Waals surface area contributed by atoms with E-state index in [1.807, 2.05) is 0 Å².